The molecule has 0 saturated carbocycles. The molecule has 1 aromatic carbocycles. The lowest BCUT2D eigenvalue weighted by Gasteiger charge is -2.29. The molecule has 3 fully saturated rings. The highest BCUT2D eigenvalue weighted by Crippen LogP contribution is 2.29. The van der Waals surface area contributed by atoms with E-state index < -0.39 is 6.04 Å². The number of nitrogens with zero attached hydrogens (tertiary/aromatic N) is 1. The first-order chi connectivity index (χ1) is 13.6. The van der Waals surface area contributed by atoms with Crippen LogP contribution in [0.3, 0.4) is 0 Å². The number of carbonyl (C=O) groups excluding carboxylic acids is 3. The molecule has 8 nitrogen and oxygen atoms in total. The number of nitrogens with one attached hydrogen (secondary N) is 3. The summed E-state index contributed by atoms with van der Waals surface area (Å²) >= 11 is 0. The molecule has 8 heteroatoms. The van der Waals surface area contributed by atoms with Crippen molar-refractivity contribution >= 4 is 17.7 Å². The average Bonchev–Trinajstić information content (AvgIpc) is 3.36. The lowest BCUT2D eigenvalue weighted by molar-refractivity contribution is -0.136. The van der Waals surface area contributed by atoms with Crippen molar-refractivity contribution in [2.45, 2.75) is 44.1 Å². The molecule has 148 valence electrons. The minimum Gasteiger partial charge on any atom is -0.375 e. The number of ether oxygens (including phenoxy) is 1. The third-order valence-corrected chi connectivity index (χ3v) is 6.37. The van der Waals surface area contributed by atoms with Gasteiger partial charge in [0.25, 0.3) is 5.91 Å². The summed E-state index contributed by atoms with van der Waals surface area (Å²) in [5.74, 6) is -0.262. The number of hydrogen-bond donors (Lipinski definition) is 3. The molecule has 4 atom stereocenters. The summed E-state index contributed by atoms with van der Waals surface area (Å²) in [6.45, 7) is 3.79. The van der Waals surface area contributed by atoms with Gasteiger partial charge in [-0.1, -0.05) is 12.1 Å². The van der Waals surface area contributed by atoms with Gasteiger partial charge in [-0.15, -0.1) is 0 Å². The number of hydrogen-bond acceptors (Lipinski definition) is 6. The Hall–Kier alpha value is -2.29. The molecule has 1 aromatic rings. The van der Waals surface area contributed by atoms with Crippen LogP contribution in [0.2, 0.25) is 0 Å². The summed E-state index contributed by atoms with van der Waals surface area (Å²) < 4.78 is 5.83. The van der Waals surface area contributed by atoms with Crippen molar-refractivity contribution in [1.29, 1.82) is 0 Å². The van der Waals surface area contributed by atoms with Crippen LogP contribution in [-0.2, 0) is 27.4 Å². The van der Waals surface area contributed by atoms with Crippen LogP contribution in [-0.4, -0.2) is 60.5 Å². The molecule has 4 aliphatic heterocycles. The smallest absolute Gasteiger partial charge is 0.255 e. The Morgan fingerprint density at radius 1 is 1.21 bits per heavy atom. The second-order valence-electron chi connectivity index (χ2n) is 8.07. The van der Waals surface area contributed by atoms with Crippen LogP contribution in [0.25, 0.3) is 0 Å². The van der Waals surface area contributed by atoms with Gasteiger partial charge >= 0.3 is 0 Å². The van der Waals surface area contributed by atoms with E-state index >= 15 is 0 Å². The first kappa shape index (κ1) is 17.8. The third kappa shape index (κ3) is 3.01. The second-order valence-corrected chi connectivity index (χ2v) is 8.07. The van der Waals surface area contributed by atoms with Crippen molar-refractivity contribution in [3.8, 4) is 0 Å². The van der Waals surface area contributed by atoms with Crippen LogP contribution in [0.5, 0.6) is 0 Å². The highest BCUT2D eigenvalue weighted by molar-refractivity contribution is 6.05. The largest absolute Gasteiger partial charge is 0.375 e. The van der Waals surface area contributed by atoms with E-state index in [4.69, 9.17) is 4.74 Å². The van der Waals surface area contributed by atoms with Gasteiger partial charge in [-0.25, -0.2) is 0 Å². The van der Waals surface area contributed by atoms with Crippen molar-refractivity contribution < 1.29 is 19.1 Å². The second kappa shape index (κ2) is 6.95. The van der Waals surface area contributed by atoms with Crippen LogP contribution >= 0.6 is 0 Å². The lowest BCUT2D eigenvalue weighted by Crippen LogP contribution is -2.52. The van der Waals surface area contributed by atoms with Crippen molar-refractivity contribution in [3.05, 3.63) is 34.9 Å². The van der Waals surface area contributed by atoms with Gasteiger partial charge in [0.1, 0.15) is 6.04 Å². The summed E-state index contributed by atoms with van der Waals surface area (Å²) in [4.78, 5) is 37.9. The number of carbonyl (C=O) groups is 3. The monoisotopic (exact) mass is 384 g/mol. The molecule has 0 bridgehead atoms. The fraction of sp³-hybridized carbons (Fsp3) is 0.550. The van der Waals surface area contributed by atoms with E-state index in [9.17, 15) is 14.4 Å². The molecule has 3 amide bonds. The Morgan fingerprint density at radius 2 is 2.11 bits per heavy atom. The first-order valence-corrected chi connectivity index (χ1v) is 9.92. The fourth-order valence-corrected chi connectivity index (χ4v) is 4.81. The molecule has 5 rings (SSSR count). The van der Waals surface area contributed by atoms with E-state index in [-0.39, 0.29) is 24.1 Å². The van der Waals surface area contributed by atoms with Gasteiger partial charge in [-0.05, 0) is 23.6 Å². The van der Waals surface area contributed by atoms with Crippen molar-refractivity contribution in [1.82, 2.24) is 20.9 Å². The van der Waals surface area contributed by atoms with Gasteiger partial charge in [-0.2, -0.15) is 0 Å². The molecule has 4 heterocycles. The van der Waals surface area contributed by atoms with Crippen LogP contribution in [0.1, 0.15) is 34.3 Å². The maximum Gasteiger partial charge on any atom is 0.255 e. The quantitative estimate of drug-likeness (QED) is 0.607. The van der Waals surface area contributed by atoms with Gasteiger partial charge < -0.3 is 20.3 Å². The Kier molecular flexibility index (Phi) is 4.41. The number of imide groups is 1. The van der Waals surface area contributed by atoms with Crippen molar-refractivity contribution in [2.24, 2.45) is 5.92 Å². The molecular formula is C20H24N4O4. The van der Waals surface area contributed by atoms with Gasteiger partial charge in [0, 0.05) is 50.1 Å². The topological polar surface area (TPSA) is 99.8 Å². The summed E-state index contributed by atoms with van der Waals surface area (Å²) in [5, 5.41) is 9.30. The molecule has 3 saturated heterocycles. The lowest BCUT2D eigenvalue weighted by atomic mass is 9.99. The zero-order valence-electron chi connectivity index (χ0n) is 15.6. The van der Waals surface area contributed by atoms with Crippen LogP contribution in [0.4, 0.5) is 0 Å². The van der Waals surface area contributed by atoms with E-state index in [0.29, 0.717) is 36.6 Å². The third-order valence-electron chi connectivity index (χ3n) is 6.37. The number of amides is 3. The number of rotatable bonds is 4. The Morgan fingerprint density at radius 3 is 2.96 bits per heavy atom. The summed E-state index contributed by atoms with van der Waals surface area (Å²) in [5.41, 5.74) is 2.71. The molecular weight excluding hydrogens is 360 g/mol. The zero-order chi connectivity index (χ0) is 19.3. The first-order valence-electron chi connectivity index (χ1n) is 9.92. The highest BCUT2D eigenvalue weighted by Gasteiger charge is 2.41. The van der Waals surface area contributed by atoms with E-state index in [1.807, 2.05) is 18.2 Å². The molecule has 0 aromatic heterocycles. The molecule has 3 N–H and O–H groups in total. The van der Waals surface area contributed by atoms with Crippen LogP contribution in [0.15, 0.2) is 18.2 Å². The van der Waals surface area contributed by atoms with Gasteiger partial charge in [0.05, 0.1) is 12.7 Å². The van der Waals surface area contributed by atoms with Gasteiger partial charge in [0.2, 0.25) is 11.8 Å². The summed E-state index contributed by atoms with van der Waals surface area (Å²) in [7, 11) is 0. The Bertz CT molecular complexity index is 841. The van der Waals surface area contributed by atoms with Gasteiger partial charge in [0.15, 0.2) is 0 Å². The normalized spacial score (nSPS) is 31.9. The molecule has 1 unspecified atom stereocenters. The van der Waals surface area contributed by atoms with E-state index in [1.54, 1.807) is 4.90 Å². The van der Waals surface area contributed by atoms with Crippen molar-refractivity contribution in [2.75, 3.05) is 19.7 Å². The van der Waals surface area contributed by atoms with Crippen LogP contribution < -0.4 is 16.0 Å². The molecule has 0 radical (unpaired) electrons. The Balaban J connectivity index is 1.25. The number of piperidine rings is 1. The number of benzene rings is 1. The van der Waals surface area contributed by atoms with Crippen molar-refractivity contribution in [3.63, 3.8) is 0 Å². The maximum atomic E-state index is 12.7. The Labute approximate surface area is 163 Å². The van der Waals surface area contributed by atoms with E-state index in [1.165, 1.54) is 0 Å². The average molecular weight is 384 g/mol. The minimum absolute atomic E-state index is 0.131. The molecule has 0 spiro atoms. The van der Waals surface area contributed by atoms with Crippen LogP contribution in [0, 0.1) is 5.92 Å². The summed E-state index contributed by atoms with van der Waals surface area (Å²) in [6.07, 6.45) is 0.973. The summed E-state index contributed by atoms with van der Waals surface area (Å²) in [6, 6.07) is 5.65. The SMILES string of the molecule is O=C1CCC(N2Cc3cc(CN[C@@H]4CO[C@@H]5CNC[C@H]45)ccc3C2=O)C(=O)N1. The molecule has 4 aliphatic rings. The molecule has 0 aliphatic carbocycles. The highest BCUT2D eigenvalue weighted by atomic mass is 16.5. The minimum atomic E-state index is -0.568. The number of fused-ring (bicyclic) bond motifs is 2. The van der Waals surface area contributed by atoms with E-state index in [0.717, 1.165) is 37.4 Å². The predicted octanol–water partition coefficient (Wildman–Crippen LogP) is -0.476. The maximum absolute atomic E-state index is 12.7. The van der Waals surface area contributed by atoms with E-state index in [2.05, 4.69) is 16.0 Å². The standard InChI is InChI=1S/C20H24N4O4/c25-18-4-3-16(19(26)23-18)24-9-12-5-11(1-2-13(12)20(24)27)6-22-15-10-28-17-8-21-7-14(15)17/h1-2,5,14-17,21-22H,3-4,6-10H2,(H,23,25,26)/t14-,15-,16?,17-/m1/s1. The zero-order valence-corrected chi connectivity index (χ0v) is 15.6. The fourth-order valence-electron chi connectivity index (χ4n) is 4.81. The predicted molar refractivity (Wildman–Crippen MR) is 99.2 cm³/mol. The molecule has 28 heavy (non-hydrogen) atoms. The van der Waals surface area contributed by atoms with Gasteiger partial charge in [-0.3, -0.25) is 19.7 Å².